The van der Waals surface area contributed by atoms with Crippen molar-refractivity contribution >= 4 is 11.4 Å². The first-order valence-corrected chi connectivity index (χ1v) is 7.26. The summed E-state index contributed by atoms with van der Waals surface area (Å²) in [5, 5.41) is 0. The van der Waals surface area contributed by atoms with Gasteiger partial charge in [-0.05, 0) is 25.0 Å². The van der Waals surface area contributed by atoms with Gasteiger partial charge < -0.3 is 15.4 Å². The molecule has 2 saturated heterocycles. The first-order chi connectivity index (χ1) is 9.33. The molecule has 2 heterocycles. The average Bonchev–Trinajstić information content (AvgIpc) is 2.93. The maximum Gasteiger partial charge on any atom is 0.0702 e. The quantitative estimate of drug-likeness (QED) is 0.839. The predicted octanol–water partition coefficient (Wildman–Crippen LogP) is 1.57. The Bertz CT molecular complexity index is 410. The average molecular weight is 261 g/mol. The Labute approximate surface area is 115 Å². The summed E-state index contributed by atoms with van der Waals surface area (Å²) in [5.74, 6) is 0. The van der Waals surface area contributed by atoms with Crippen molar-refractivity contribution in [1.82, 2.24) is 4.90 Å². The summed E-state index contributed by atoms with van der Waals surface area (Å²) in [6, 6.07) is 8.15. The first-order valence-electron chi connectivity index (χ1n) is 7.26. The minimum atomic E-state index is 0.466. The summed E-state index contributed by atoms with van der Waals surface area (Å²) in [7, 11) is 0. The van der Waals surface area contributed by atoms with Crippen LogP contribution in [0.1, 0.15) is 12.8 Å². The number of nitrogens with zero attached hydrogens (tertiary/aromatic N) is 2. The van der Waals surface area contributed by atoms with Gasteiger partial charge in [-0.15, -0.1) is 0 Å². The first kappa shape index (κ1) is 12.8. The molecular weight excluding hydrogens is 238 g/mol. The Balaban J connectivity index is 1.53. The summed E-state index contributed by atoms with van der Waals surface area (Å²) >= 11 is 0. The maximum absolute atomic E-state index is 6.04. The van der Waals surface area contributed by atoms with E-state index in [4.69, 9.17) is 10.5 Å². The molecule has 1 unspecified atom stereocenters. The van der Waals surface area contributed by atoms with Gasteiger partial charge in [0.1, 0.15) is 0 Å². The monoisotopic (exact) mass is 261 g/mol. The van der Waals surface area contributed by atoms with E-state index in [-0.39, 0.29) is 0 Å². The molecule has 3 rings (SSSR count). The maximum atomic E-state index is 6.04. The van der Waals surface area contributed by atoms with Crippen LogP contribution in [-0.4, -0.2) is 50.3 Å². The number of anilines is 2. The topological polar surface area (TPSA) is 41.7 Å². The van der Waals surface area contributed by atoms with E-state index in [0.29, 0.717) is 6.10 Å². The standard InChI is InChI=1S/C15H23N3O/c16-14-5-1-2-6-15(14)18-9-7-17(8-10-18)12-13-4-3-11-19-13/h1-2,5-6,13H,3-4,7-12,16H2. The molecule has 0 aliphatic carbocycles. The van der Waals surface area contributed by atoms with Gasteiger partial charge in [0.05, 0.1) is 17.5 Å². The highest BCUT2D eigenvalue weighted by Gasteiger charge is 2.23. The van der Waals surface area contributed by atoms with Crippen molar-refractivity contribution in [3.05, 3.63) is 24.3 Å². The number of ether oxygens (including phenoxy) is 1. The Morgan fingerprint density at radius 2 is 1.95 bits per heavy atom. The van der Waals surface area contributed by atoms with Crippen molar-refractivity contribution in [1.29, 1.82) is 0 Å². The van der Waals surface area contributed by atoms with Gasteiger partial charge in [0.15, 0.2) is 0 Å². The number of nitrogens with two attached hydrogens (primary N) is 1. The SMILES string of the molecule is Nc1ccccc1N1CCN(CC2CCCO2)CC1. The molecule has 0 bridgehead atoms. The fourth-order valence-electron chi connectivity index (χ4n) is 3.02. The van der Waals surface area contributed by atoms with Crippen molar-refractivity contribution in [3.8, 4) is 0 Å². The summed E-state index contributed by atoms with van der Waals surface area (Å²) in [6.07, 6.45) is 2.92. The molecular formula is C15H23N3O. The van der Waals surface area contributed by atoms with Gasteiger partial charge in [0, 0.05) is 39.3 Å². The van der Waals surface area contributed by atoms with Crippen molar-refractivity contribution in [2.75, 3.05) is 50.0 Å². The lowest BCUT2D eigenvalue weighted by molar-refractivity contribution is 0.0713. The molecule has 1 atom stereocenters. The lowest BCUT2D eigenvalue weighted by atomic mass is 10.2. The Morgan fingerprint density at radius 1 is 1.16 bits per heavy atom. The highest BCUT2D eigenvalue weighted by atomic mass is 16.5. The van der Waals surface area contributed by atoms with E-state index in [0.717, 1.165) is 45.0 Å². The van der Waals surface area contributed by atoms with E-state index in [1.54, 1.807) is 0 Å². The van der Waals surface area contributed by atoms with Crippen molar-refractivity contribution < 1.29 is 4.74 Å². The van der Waals surface area contributed by atoms with E-state index < -0.39 is 0 Å². The second-order valence-electron chi connectivity index (χ2n) is 5.48. The van der Waals surface area contributed by atoms with Gasteiger partial charge in [-0.1, -0.05) is 12.1 Å². The van der Waals surface area contributed by atoms with Crippen LogP contribution in [0.2, 0.25) is 0 Å². The van der Waals surface area contributed by atoms with Crippen LogP contribution in [0.5, 0.6) is 0 Å². The fourth-order valence-corrected chi connectivity index (χ4v) is 3.02. The van der Waals surface area contributed by atoms with Gasteiger partial charge in [-0.3, -0.25) is 4.90 Å². The number of para-hydroxylation sites is 2. The van der Waals surface area contributed by atoms with Crippen LogP contribution in [0.25, 0.3) is 0 Å². The largest absolute Gasteiger partial charge is 0.397 e. The van der Waals surface area contributed by atoms with Crippen LogP contribution in [0.3, 0.4) is 0 Å². The summed E-state index contributed by atoms with van der Waals surface area (Å²) in [4.78, 5) is 4.91. The predicted molar refractivity (Wildman–Crippen MR) is 78.5 cm³/mol. The van der Waals surface area contributed by atoms with Crippen molar-refractivity contribution in [2.24, 2.45) is 0 Å². The van der Waals surface area contributed by atoms with E-state index in [1.165, 1.54) is 18.5 Å². The van der Waals surface area contributed by atoms with Gasteiger partial charge in [-0.25, -0.2) is 0 Å². The molecule has 1 aromatic carbocycles. The molecule has 4 heteroatoms. The normalized spacial score (nSPS) is 24.8. The lowest BCUT2D eigenvalue weighted by Gasteiger charge is -2.37. The zero-order valence-corrected chi connectivity index (χ0v) is 11.4. The van der Waals surface area contributed by atoms with Crippen LogP contribution >= 0.6 is 0 Å². The molecule has 0 spiro atoms. The van der Waals surface area contributed by atoms with Gasteiger partial charge in [0.25, 0.3) is 0 Å². The summed E-state index contributed by atoms with van der Waals surface area (Å²) in [5.41, 5.74) is 8.11. The van der Waals surface area contributed by atoms with Crippen molar-refractivity contribution in [3.63, 3.8) is 0 Å². The minimum Gasteiger partial charge on any atom is -0.397 e. The number of hydrogen-bond acceptors (Lipinski definition) is 4. The van der Waals surface area contributed by atoms with Crippen LogP contribution in [0.15, 0.2) is 24.3 Å². The number of nitrogen functional groups attached to an aromatic ring is 1. The summed E-state index contributed by atoms with van der Waals surface area (Å²) in [6.45, 7) is 6.37. The van der Waals surface area contributed by atoms with E-state index in [2.05, 4.69) is 21.9 Å². The van der Waals surface area contributed by atoms with Crippen LogP contribution in [0.4, 0.5) is 11.4 Å². The second-order valence-corrected chi connectivity index (χ2v) is 5.48. The molecule has 1 aromatic rings. The Hall–Kier alpha value is -1.26. The van der Waals surface area contributed by atoms with E-state index in [1.807, 2.05) is 12.1 Å². The van der Waals surface area contributed by atoms with Gasteiger partial charge >= 0.3 is 0 Å². The summed E-state index contributed by atoms with van der Waals surface area (Å²) < 4.78 is 5.71. The smallest absolute Gasteiger partial charge is 0.0702 e. The number of hydrogen-bond donors (Lipinski definition) is 1. The zero-order valence-electron chi connectivity index (χ0n) is 11.4. The molecule has 104 valence electrons. The second kappa shape index (κ2) is 5.80. The third kappa shape index (κ3) is 3.01. The molecule has 0 aromatic heterocycles. The van der Waals surface area contributed by atoms with Gasteiger partial charge in [0.2, 0.25) is 0 Å². The Morgan fingerprint density at radius 3 is 2.63 bits per heavy atom. The molecule has 2 fully saturated rings. The highest BCUT2D eigenvalue weighted by Crippen LogP contribution is 2.24. The lowest BCUT2D eigenvalue weighted by Crippen LogP contribution is -2.48. The molecule has 4 nitrogen and oxygen atoms in total. The van der Waals surface area contributed by atoms with Crippen LogP contribution in [0, 0.1) is 0 Å². The van der Waals surface area contributed by atoms with E-state index >= 15 is 0 Å². The van der Waals surface area contributed by atoms with E-state index in [9.17, 15) is 0 Å². The van der Waals surface area contributed by atoms with Crippen molar-refractivity contribution in [2.45, 2.75) is 18.9 Å². The van der Waals surface area contributed by atoms with Crippen LogP contribution < -0.4 is 10.6 Å². The molecule has 2 aliphatic rings. The molecule has 0 radical (unpaired) electrons. The molecule has 2 aliphatic heterocycles. The number of piperazine rings is 1. The minimum absolute atomic E-state index is 0.466. The Kier molecular flexibility index (Phi) is 3.89. The van der Waals surface area contributed by atoms with Gasteiger partial charge in [-0.2, -0.15) is 0 Å². The number of rotatable bonds is 3. The fraction of sp³-hybridized carbons (Fsp3) is 0.600. The highest BCUT2D eigenvalue weighted by molar-refractivity contribution is 5.67. The zero-order chi connectivity index (χ0) is 13.1. The molecule has 2 N–H and O–H groups in total. The third-order valence-corrected chi connectivity index (χ3v) is 4.14. The van der Waals surface area contributed by atoms with Crippen LogP contribution in [-0.2, 0) is 4.74 Å². The molecule has 0 amide bonds. The number of benzene rings is 1. The molecule has 0 saturated carbocycles. The third-order valence-electron chi connectivity index (χ3n) is 4.14. The molecule has 19 heavy (non-hydrogen) atoms.